The van der Waals surface area contributed by atoms with Crippen LogP contribution < -0.4 is 10.9 Å². The van der Waals surface area contributed by atoms with Crippen molar-refractivity contribution >= 4 is 23.2 Å². The standard InChI is InChI=1S/C23H17F2N3O3S/c24-15-7-5-14(6-8-15)19-9-10-20(32-19)23(30)28-27-21(29)11-12-22-26-13-18(31-22)16-3-1-2-4-17(16)25/h1-10,13H,11-12H2,(H,27,29)(H,28,30). The van der Waals surface area contributed by atoms with Crippen molar-refractivity contribution in [3.63, 3.8) is 0 Å². The molecule has 0 radical (unpaired) electrons. The summed E-state index contributed by atoms with van der Waals surface area (Å²) in [6.07, 6.45) is 1.61. The van der Waals surface area contributed by atoms with Gasteiger partial charge >= 0.3 is 0 Å². The highest BCUT2D eigenvalue weighted by molar-refractivity contribution is 7.17. The van der Waals surface area contributed by atoms with E-state index in [1.165, 1.54) is 35.7 Å². The molecule has 0 spiro atoms. The van der Waals surface area contributed by atoms with Gasteiger partial charge in [-0.3, -0.25) is 20.4 Å². The number of aromatic nitrogens is 1. The van der Waals surface area contributed by atoms with E-state index in [1.807, 2.05) is 0 Å². The predicted octanol–water partition coefficient (Wildman–Crippen LogP) is 4.74. The second-order valence-corrected chi connectivity index (χ2v) is 7.85. The summed E-state index contributed by atoms with van der Waals surface area (Å²) >= 11 is 1.22. The van der Waals surface area contributed by atoms with Crippen LogP contribution in [0.2, 0.25) is 0 Å². The minimum absolute atomic E-state index is 0.0166. The first-order valence-corrected chi connectivity index (χ1v) is 10.5. The number of aryl methyl sites for hydroxylation is 1. The number of benzene rings is 2. The van der Waals surface area contributed by atoms with Crippen LogP contribution in [0.25, 0.3) is 21.8 Å². The number of thiophene rings is 1. The molecule has 0 fully saturated rings. The first kappa shape index (κ1) is 21.4. The van der Waals surface area contributed by atoms with Gasteiger partial charge in [-0.2, -0.15) is 0 Å². The molecule has 0 atom stereocenters. The van der Waals surface area contributed by atoms with Gasteiger partial charge in [0.15, 0.2) is 11.7 Å². The molecule has 2 heterocycles. The van der Waals surface area contributed by atoms with Gasteiger partial charge in [0.1, 0.15) is 11.6 Å². The van der Waals surface area contributed by atoms with Gasteiger partial charge in [0.2, 0.25) is 5.91 Å². The highest BCUT2D eigenvalue weighted by atomic mass is 32.1. The van der Waals surface area contributed by atoms with E-state index in [0.717, 1.165) is 10.4 Å². The van der Waals surface area contributed by atoms with Gasteiger partial charge in [-0.25, -0.2) is 13.8 Å². The van der Waals surface area contributed by atoms with Gasteiger partial charge in [-0.05, 0) is 42.0 Å². The maximum Gasteiger partial charge on any atom is 0.279 e. The van der Waals surface area contributed by atoms with Crippen molar-refractivity contribution in [2.24, 2.45) is 0 Å². The Kier molecular flexibility index (Phi) is 6.37. The van der Waals surface area contributed by atoms with E-state index in [0.29, 0.717) is 10.4 Å². The summed E-state index contributed by atoms with van der Waals surface area (Å²) in [4.78, 5) is 29.6. The molecule has 0 aliphatic rings. The molecular weight excluding hydrogens is 436 g/mol. The first-order chi connectivity index (χ1) is 15.5. The Hall–Kier alpha value is -3.85. The van der Waals surface area contributed by atoms with E-state index in [9.17, 15) is 18.4 Å². The number of carbonyl (C=O) groups is 2. The fourth-order valence-corrected chi connectivity index (χ4v) is 3.82. The maximum atomic E-state index is 13.8. The number of halogens is 2. The number of hydrogen-bond donors (Lipinski definition) is 2. The molecular formula is C23H17F2N3O3S. The molecule has 4 rings (SSSR count). The van der Waals surface area contributed by atoms with Gasteiger partial charge in [-0.15, -0.1) is 11.3 Å². The van der Waals surface area contributed by atoms with Crippen LogP contribution in [0, 0.1) is 11.6 Å². The summed E-state index contributed by atoms with van der Waals surface area (Å²) < 4.78 is 32.4. The molecule has 2 N–H and O–H groups in total. The molecule has 2 aromatic heterocycles. The Morgan fingerprint density at radius 2 is 1.75 bits per heavy atom. The first-order valence-electron chi connectivity index (χ1n) is 9.64. The molecule has 0 unspecified atom stereocenters. The van der Waals surface area contributed by atoms with Crippen LogP contribution >= 0.6 is 11.3 Å². The van der Waals surface area contributed by atoms with Gasteiger partial charge in [-0.1, -0.05) is 24.3 Å². The highest BCUT2D eigenvalue weighted by Crippen LogP contribution is 2.28. The normalized spacial score (nSPS) is 10.7. The Bertz CT molecular complexity index is 1250. The van der Waals surface area contributed by atoms with Crippen molar-refractivity contribution in [2.45, 2.75) is 12.8 Å². The van der Waals surface area contributed by atoms with E-state index < -0.39 is 17.6 Å². The molecule has 0 saturated carbocycles. The summed E-state index contributed by atoms with van der Waals surface area (Å²) in [5, 5.41) is 0. The zero-order valence-corrected chi connectivity index (χ0v) is 17.4. The molecule has 2 aromatic carbocycles. The summed E-state index contributed by atoms with van der Waals surface area (Å²) in [6.45, 7) is 0. The lowest BCUT2D eigenvalue weighted by Gasteiger charge is -2.05. The molecule has 0 aliphatic carbocycles. The van der Waals surface area contributed by atoms with Crippen molar-refractivity contribution in [3.8, 4) is 21.8 Å². The molecule has 6 nitrogen and oxygen atoms in total. The van der Waals surface area contributed by atoms with Crippen LogP contribution in [-0.2, 0) is 11.2 Å². The summed E-state index contributed by atoms with van der Waals surface area (Å²) in [6, 6.07) is 15.5. The topological polar surface area (TPSA) is 84.2 Å². The fraction of sp³-hybridized carbons (Fsp3) is 0.0870. The number of hydrogen-bond acceptors (Lipinski definition) is 5. The number of amides is 2. The third kappa shape index (κ3) is 5.06. The molecule has 162 valence electrons. The minimum atomic E-state index is -0.463. The van der Waals surface area contributed by atoms with Crippen LogP contribution in [0.3, 0.4) is 0 Å². The summed E-state index contributed by atoms with van der Waals surface area (Å²) in [5.41, 5.74) is 5.79. The zero-order valence-electron chi connectivity index (χ0n) is 16.6. The fourth-order valence-electron chi connectivity index (χ4n) is 2.91. The van der Waals surface area contributed by atoms with Crippen LogP contribution in [-0.4, -0.2) is 16.8 Å². The SMILES string of the molecule is O=C(CCc1ncc(-c2ccccc2F)o1)NNC(=O)c1ccc(-c2ccc(F)cc2)s1. The smallest absolute Gasteiger partial charge is 0.279 e. The average molecular weight is 453 g/mol. The minimum Gasteiger partial charge on any atom is -0.441 e. The number of nitrogens with one attached hydrogen (secondary N) is 2. The number of hydrazine groups is 1. The predicted molar refractivity (Wildman–Crippen MR) is 116 cm³/mol. The maximum absolute atomic E-state index is 13.8. The van der Waals surface area contributed by atoms with Gasteiger partial charge in [0.25, 0.3) is 5.91 Å². The van der Waals surface area contributed by atoms with Crippen LogP contribution in [0.4, 0.5) is 8.78 Å². The Balaban J connectivity index is 1.27. The van der Waals surface area contributed by atoms with Crippen molar-refractivity contribution < 1.29 is 22.8 Å². The van der Waals surface area contributed by atoms with Crippen molar-refractivity contribution in [1.29, 1.82) is 0 Å². The van der Waals surface area contributed by atoms with E-state index in [4.69, 9.17) is 4.42 Å². The van der Waals surface area contributed by atoms with Crippen LogP contribution in [0.15, 0.2) is 71.3 Å². The zero-order chi connectivity index (χ0) is 22.5. The third-order valence-electron chi connectivity index (χ3n) is 4.53. The highest BCUT2D eigenvalue weighted by Gasteiger charge is 2.14. The lowest BCUT2D eigenvalue weighted by atomic mass is 10.2. The van der Waals surface area contributed by atoms with E-state index in [2.05, 4.69) is 15.8 Å². The van der Waals surface area contributed by atoms with Crippen molar-refractivity contribution in [2.75, 3.05) is 0 Å². The van der Waals surface area contributed by atoms with Crippen LogP contribution in [0.1, 0.15) is 22.0 Å². The molecule has 9 heteroatoms. The molecule has 4 aromatic rings. The molecule has 0 saturated heterocycles. The lowest BCUT2D eigenvalue weighted by molar-refractivity contribution is -0.121. The largest absolute Gasteiger partial charge is 0.441 e. The van der Waals surface area contributed by atoms with Crippen molar-refractivity contribution in [1.82, 2.24) is 15.8 Å². The van der Waals surface area contributed by atoms with Gasteiger partial charge in [0.05, 0.1) is 16.6 Å². The van der Waals surface area contributed by atoms with E-state index in [1.54, 1.807) is 42.5 Å². The molecule has 32 heavy (non-hydrogen) atoms. The molecule has 0 aliphatic heterocycles. The number of oxazole rings is 1. The average Bonchev–Trinajstić information content (AvgIpc) is 3.47. The lowest BCUT2D eigenvalue weighted by Crippen LogP contribution is -2.41. The monoisotopic (exact) mass is 453 g/mol. The quantitative estimate of drug-likeness (QED) is 0.413. The second kappa shape index (κ2) is 9.52. The Morgan fingerprint density at radius 1 is 0.969 bits per heavy atom. The van der Waals surface area contributed by atoms with Gasteiger partial charge in [0, 0.05) is 17.7 Å². The number of carbonyl (C=O) groups excluding carboxylic acids is 2. The third-order valence-corrected chi connectivity index (χ3v) is 5.67. The number of nitrogens with zero attached hydrogens (tertiary/aromatic N) is 1. The Labute approximate surface area is 185 Å². The molecule has 2 amide bonds. The second-order valence-electron chi connectivity index (χ2n) is 6.77. The molecule has 0 bridgehead atoms. The van der Waals surface area contributed by atoms with Crippen LogP contribution in [0.5, 0.6) is 0 Å². The van der Waals surface area contributed by atoms with Gasteiger partial charge < -0.3 is 4.42 Å². The number of rotatable bonds is 6. The Morgan fingerprint density at radius 3 is 2.53 bits per heavy atom. The summed E-state index contributed by atoms with van der Waals surface area (Å²) in [5.74, 6) is -1.09. The van der Waals surface area contributed by atoms with E-state index >= 15 is 0 Å². The van der Waals surface area contributed by atoms with Crippen molar-refractivity contribution in [3.05, 3.63) is 89.3 Å². The summed E-state index contributed by atoms with van der Waals surface area (Å²) in [7, 11) is 0. The van der Waals surface area contributed by atoms with E-state index in [-0.39, 0.29) is 30.3 Å².